The molecule has 2 atom stereocenters. The van der Waals surface area contributed by atoms with Crippen LogP contribution < -0.4 is 4.90 Å². The monoisotopic (exact) mass is 499 g/mol. The molecule has 3 aromatic carbocycles. The number of aryl methyl sites for hydroxylation is 1. The number of hydrogen-bond donors (Lipinski definition) is 1. The lowest BCUT2D eigenvalue weighted by Gasteiger charge is -2.48. The quantitative estimate of drug-likeness (QED) is 0.429. The largest absolute Gasteiger partial charge is 0.508 e. The van der Waals surface area contributed by atoms with Crippen LogP contribution in [0.1, 0.15) is 59.4 Å². The standard InChI is InChI=1S/C32H37NO4/c1-35-31(36-2)24-15-18-33(19-16-24)26-11-9-23(10-12-26)30-28-14-13-27(34)20-25(28)21-37-32(30)17-5-7-22-6-3-4-8-29(22)32/h3-4,6,8-14,20,24,30-31,34H,5,7,15-19,21H2,1-2H3/t30-,32+/m1/s1. The van der Waals surface area contributed by atoms with Crippen molar-refractivity contribution < 1.29 is 19.3 Å². The molecule has 1 fully saturated rings. The number of rotatable bonds is 5. The zero-order chi connectivity index (χ0) is 25.4. The van der Waals surface area contributed by atoms with E-state index in [1.807, 2.05) is 12.1 Å². The van der Waals surface area contributed by atoms with Gasteiger partial charge in [-0.15, -0.1) is 0 Å². The number of aromatic hydroxyl groups is 1. The Morgan fingerprint density at radius 2 is 1.70 bits per heavy atom. The molecule has 0 saturated carbocycles. The number of piperidine rings is 1. The molecule has 0 bridgehead atoms. The van der Waals surface area contributed by atoms with E-state index in [1.165, 1.54) is 27.9 Å². The predicted molar refractivity (Wildman–Crippen MR) is 145 cm³/mol. The van der Waals surface area contributed by atoms with E-state index in [0.29, 0.717) is 18.3 Å². The van der Waals surface area contributed by atoms with Crippen LogP contribution in [-0.2, 0) is 32.8 Å². The molecule has 2 aliphatic heterocycles. The molecule has 6 rings (SSSR count). The van der Waals surface area contributed by atoms with Gasteiger partial charge in [-0.25, -0.2) is 0 Å². The summed E-state index contributed by atoms with van der Waals surface area (Å²) >= 11 is 0. The Kier molecular flexibility index (Phi) is 6.70. The van der Waals surface area contributed by atoms with Gasteiger partial charge in [0.25, 0.3) is 0 Å². The topological polar surface area (TPSA) is 51.2 Å². The second-order valence-corrected chi connectivity index (χ2v) is 10.8. The summed E-state index contributed by atoms with van der Waals surface area (Å²) in [5, 5.41) is 10.2. The van der Waals surface area contributed by atoms with E-state index in [2.05, 4.69) is 59.5 Å². The first-order chi connectivity index (χ1) is 18.1. The van der Waals surface area contributed by atoms with Crippen LogP contribution in [0.15, 0.2) is 66.7 Å². The highest BCUT2D eigenvalue weighted by atomic mass is 16.7. The Labute approximate surface area is 220 Å². The summed E-state index contributed by atoms with van der Waals surface area (Å²) in [5.41, 5.74) is 7.19. The third-order valence-electron chi connectivity index (χ3n) is 8.84. The Morgan fingerprint density at radius 3 is 2.46 bits per heavy atom. The molecule has 0 amide bonds. The molecule has 5 heteroatoms. The van der Waals surface area contributed by atoms with Gasteiger partial charge in [0.1, 0.15) is 11.4 Å². The minimum absolute atomic E-state index is 0.0715. The van der Waals surface area contributed by atoms with Crippen LogP contribution in [0.25, 0.3) is 0 Å². The van der Waals surface area contributed by atoms with Crippen molar-refractivity contribution >= 4 is 5.69 Å². The number of phenolic OH excluding ortho intramolecular Hbond substituents is 1. The van der Waals surface area contributed by atoms with Gasteiger partial charge >= 0.3 is 0 Å². The highest BCUT2D eigenvalue weighted by Gasteiger charge is 2.49. The normalized spacial score (nSPS) is 23.8. The number of hydrogen-bond acceptors (Lipinski definition) is 5. The van der Waals surface area contributed by atoms with Gasteiger partial charge in [-0.2, -0.15) is 0 Å². The van der Waals surface area contributed by atoms with Gasteiger partial charge in [0, 0.05) is 44.8 Å². The summed E-state index contributed by atoms with van der Waals surface area (Å²) in [6, 6.07) is 23.7. The van der Waals surface area contributed by atoms with Crippen molar-refractivity contribution in [2.75, 3.05) is 32.2 Å². The van der Waals surface area contributed by atoms with E-state index >= 15 is 0 Å². The van der Waals surface area contributed by atoms with Gasteiger partial charge in [0.05, 0.1) is 6.61 Å². The van der Waals surface area contributed by atoms with Crippen LogP contribution in [-0.4, -0.2) is 38.7 Å². The first-order valence-electron chi connectivity index (χ1n) is 13.6. The molecule has 2 heterocycles. The van der Waals surface area contributed by atoms with Gasteiger partial charge in [-0.1, -0.05) is 42.5 Å². The fourth-order valence-corrected chi connectivity index (χ4v) is 7.05. The van der Waals surface area contributed by atoms with Crippen molar-refractivity contribution in [1.29, 1.82) is 0 Å². The highest BCUT2D eigenvalue weighted by molar-refractivity contribution is 5.54. The summed E-state index contributed by atoms with van der Waals surface area (Å²) in [6.07, 6.45) is 5.19. The van der Waals surface area contributed by atoms with Crippen molar-refractivity contribution in [1.82, 2.24) is 0 Å². The second-order valence-electron chi connectivity index (χ2n) is 10.8. The van der Waals surface area contributed by atoms with Gasteiger partial charge in [-0.3, -0.25) is 0 Å². The van der Waals surface area contributed by atoms with Crippen LogP contribution in [0, 0.1) is 5.92 Å². The molecule has 1 saturated heterocycles. The zero-order valence-electron chi connectivity index (χ0n) is 21.9. The minimum atomic E-state index is -0.395. The summed E-state index contributed by atoms with van der Waals surface area (Å²) in [5.74, 6) is 0.801. The van der Waals surface area contributed by atoms with E-state index in [1.54, 1.807) is 14.2 Å². The van der Waals surface area contributed by atoms with Crippen molar-refractivity contribution in [2.24, 2.45) is 5.92 Å². The van der Waals surface area contributed by atoms with E-state index < -0.39 is 5.60 Å². The van der Waals surface area contributed by atoms with E-state index in [-0.39, 0.29) is 12.2 Å². The van der Waals surface area contributed by atoms with Crippen molar-refractivity contribution in [3.8, 4) is 5.75 Å². The summed E-state index contributed by atoms with van der Waals surface area (Å²) in [6.45, 7) is 2.52. The van der Waals surface area contributed by atoms with Crippen LogP contribution >= 0.6 is 0 Å². The van der Waals surface area contributed by atoms with Gasteiger partial charge < -0.3 is 24.2 Å². The maximum atomic E-state index is 10.2. The second kappa shape index (κ2) is 10.1. The predicted octanol–water partition coefficient (Wildman–Crippen LogP) is 6.12. The molecule has 3 aliphatic rings. The molecule has 0 aromatic heterocycles. The SMILES string of the molecule is COC(OC)C1CCN(c2ccc([C@@H]3c4ccc(O)cc4CO[C@]34CCCc3ccccc34)cc2)CC1. The summed E-state index contributed by atoms with van der Waals surface area (Å²) in [7, 11) is 3.45. The molecular weight excluding hydrogens is 462 g/mol. The fraction of sp³-hybridized carbons (Fsp3) is 0.438. The minimum Gasteiger partial charge on any atom is -0.508 e. The molecule has 3 aromatic rings. The van der Waals surface area contributed by atoms with Gasteiger partial charge in [0.2, 0.25) is 0 Å². The van der Waals surface area contributed by atoms with E-state index in [4.69, 9.17) is 14.2 Å². The Hall–Kier alpha value is -2.86. The van der Waals surface area contributed by atoms with Crippen LogP contribution in [0.4, 0.5) is 5.69 Å². The number of nitrogens with zero attached hydrogens (tertiary/aromatic N) is 1. The molecule has 0 radical (unpaired) electrons. The molecule has 194 valence electrons. The maximum absolute atomic E-state index is 10.2. The van der Waals surface area contributed by atoms with Crippen molar-refractivity contribution in [3.05, 3.63) is 94.5 Å². The lowest BCUT2D eigenvalue weighted by molar-refractivity contribution is -0.141. The third-order valence-corrected chi connectivity index (χ3v) is 8.84. The maximum Gasteiger partial charge on any atom is 0.159 e. The first-order valence-corrected chi connectivity index (χ1v) is 13.6. The third kappa shape index (κ3) is 4.33. The average Bonchev–Trinajstić information content (AvgIpc) is 2.95. The number of fused-ring (bicyclic) bond motifs is 3. The first kappa shape index (κ1) is 24.5. The number of anilines is 1. The molecule has 37 heavy (non-hydrogen) atoms. The molecule has 5 nitrogen and oxygen atoms in total. The van der Waals surface area contributed by atoms with Gasteiger partial charge in [-0.05, 0) is 84.2 Å². The molecule has 1 aliphatic carbocycles. The summed E-state index contributed by atoms with van der Waals surface area (Å²) < 4.78 is 17.9. The molecule has 1 spiro atoms. The number of benzene rings is 3. The molecule has 0 unspecified atom stereocenters. The Bertz CT molecular complexity index is 1230. The fourth-order valence-electron chi connectivity index (χ4n) is 7.05. The lowest BCUT2D eigenvalue weighted by atomic mass is 9.65. The van der Waals surface area contributed by atoms with E-state index in [9.17, 15) is 5.11 Å². The number of ether oxygens (including phenoxy) is 3. The Morgan fingerprint density at radius 1 is 0.946 bits per heavy atom. The zero-order valence-corrected chi connectivity index (χ0v) is 21.9. The van der Waals surface area contributed by atoms with Crippen LogP contribution in [0.2, 0.25) is 0 Å². The van der Waals surface area contributed by atoms with Crippen molar-refractivity contribution in [3.63, 3.8) is 0 Å². The average molecular weight is 500 g/mol. The number of methoxy groups -OCH3 is 2. The van der Waals surface area contributed by atoms with Crippen LogP contribution in [0.5, 0.6) is 5.75 Å². The smallest absolute Gasteiger partial charge is 0.159 e. The lowest BCUT2D eigenvalue weighted by Crippen LogP contribution is -2.43. The number of phenols is 1. The highest BCUT2D eigenvalue weighted by Crippen LogP contribution is 2.55. The summed E-state index contributed by atoms with van der Waals surface area (Å²) in [4.78, 5) is 2.47. The van der Waals surface area contributed by atoms with Gasteiger partial charge in [0.15, 0.2) is 6.29 Å². The molecular formula is C32H37NO4. The molecule has 1 N–H and O–H groups in total. The Balaban J connectivity index is 1.33. The van der Waals surface area contributed by atoms with Crippen LogP contribution in [0.3, 0.4) is 0 Å². The van der Waals surface area contributed by atoms with Crippen molar-refractivity contribution in [2.45, 2.75) is 56.5 Å². The van der Waals surface area contributed by atoms with E-state index in [0.717, 1.165) is 50.8 Å².